The predicted molar refractivity (Wildman–Crippen MR) is 168 cm³/mol. The van der Waals surface area contributed by atoms with Gasteiger partial charge < -0.3 is 20.1 Å². The molecule has 2 N–H and O–H groups in total. The third-order valence-electron chi connectivity index (χ3n) is 7.82. The number of aryl methyl sites for hydroxylation is 3. The lowest BCUT2D eigenvalue weighted by molar-refractivity contribution is 0.103. The van der Waals surface area contributed by atoms with E-state index >= 15 is 0 Å². The van der Waals surface area contributed by atoms with Crippen LogP contribution >= 0.6 is 11.3 Å². The Hall–Kier alpha value is -3.76. The molecule has 2 aliphatic rings. The number of rotatable bonds is 6. The number of thiophene rings is 1. The maximum absolute atomic E-state index is 13.1. The van der Waals surface area contributed by atoms with Crippen molar-refractivity contribution < 1.29 is 9.00 Å². The van der Waals surface area contributed by atoms with Crippen molar-refractivity contribution in [2.45, 2.75) is 32.6 Å². The fourth-order valence-corrected chi connectivity index (χ4v) is 7.64. The van der Waals surface area contributed by atoms with E-state index in [4.69, 9.17) is 4.98 Å². The Bertz CT molecular complexity index is 1660. The average Bonchev–Trinajstić information content (AvgIpc) is 3.42. The van der Waals surface area contributed by atoms with Gasteiger partial charge in [-0.3, -0.25) is 13.8 Å². The topological polar surface area (TPSA) is 96.3 Å². The molecule has 10 heteroatoms. The number of nitrogens with zero attached hydrogens (tertiary/aromatic N) is 3. The number of carbonyl (C=O) groups excluding carboxylic acids is 1. The van der Waals surface area contributed by atoms with E-state index < -0.39 is 10.8 Å². The number of fused-ring (bicyclic) bond motifs is 1. The Morgan fingerprint density at radius 3 is 2.56 bits per heavy atom. The van der Waals surface area contributed by atoms with Crippen molar-refractivity contribution in [3.8, 4) is 11.3 Å². The highest BCUT2D eigenvalue weighted by molar-refractivity contribution is 7.85. The molecule has 2 aromatic heterocycles. The lowest BCUT2D eigenvalue weighted by Gasteiger charge is -2.28. The van der Waals surface area contributed by atoms with Crippen LogP contribution in [0.1, 0.15) is 38.5 Å². The summed E-state index contributed by atoms with van der Waals surface area (Å²) in [6, 6.07) is 15.7. The highest BCUT2D eigenvalue weighted by Crippen LogP contribution is 2.32. The molecule has 1 fully saturated rings. The van der Waals surface area contributed by atoms with Crippen molar-refractivity contribution in [3.63, 3.8) is 0 Å². The molecule has 0 unspecified atom stereocenters. The number of hydrogen-bond donors (Lipinski definition) is 2. The summed E-state index contributed by atoms with van der Waals surface area (Å²) < 4.78 is 13.2. The summed E-state index contributed by atoms with van der Waals surface area (Å²) in [5.74, 6) is 1.51. The number of benzene rings is 2. The Kier molecular flexibility index (Phi) is 7.77. The Labute approximate surface area is 245 Å². The molecule has 1 amide bonds. The second-order valence-corrected chi connectivity index (χ2v) is 13.4. The summed E-state index contributed by atoms with van der Waals surface area (Å²) in [5, 5.41) is 6.29. The minimum atomic E-state index is -0.723. The summed E-state index contributed by atoms with van der Waals surface area (Å²) in [4.78, 5) is 35.1. The van der Waals surface area contributed by atoms with Crippen molar-refractivity contribution in [1.82, 2.24) is 9.55 Å². The van der Waals surface area contributed by atoms with Crippen molar-refractivity contribution in [2.24, 2.45) is 7.05 Å². The summed E-state index contributed by atoms with van der Waals surface area (Å²) >= 11 is 1.60. The van der Waals surface area contributed by atoms with E-state index in [9.17, 15) is 13.8 Å². The van der Waals surface area contributed by atoms with Crippen molar-refractivity contribution in [1.29, 1.82) is 0 Å². The van der Waals surface area contributed by atoms with Crippen LogP contribution in [0.15, 0.2) is 59.5 Å². The van der Waals surface area contributed by atoms with Crippen molar-refractivity contribution >= 4 is 50.9 Å². The minimum absolute atomic E-state index is 0.0957. The van der Waals surface area contributed by atoms with Crippen LogP contribution < -0.4 is 21.1 Å². The molecule has 4 aromatic rings. The van der Waals surface area contributed by atoms with Gasteiger partial charge in [0.25, 0.3) is 11.5 Å². The molecule has 3 heterocycles. The number of carbonyl (C=O) groups is 1. The van der Waals surface area contributed by atoms with Crippen LogP contribution in [0.3, 0.4) is 0 Å². The first-order valence-corrected chi connectivity index (χ1v) is 16.2. The Morgan fingerprint density at radius 1 is 1.05 bits per heavy atom. The fraction of sp³-hybridized carbons (Fsp3) is 0.323. The molecule has 1 saturated heterocycles. The van der Waals surface area contributed by atoms with E-state index in [0.29, 0.717) is 17.2 Å². The first-order valence-electron chi connectivity index (χ1n) is 13.9. The molecular formula is C31H33N5O3S2. The lowest BCUT2D eigenvalue weighted by atomic mass is 9.99. The molecule has 2 aromatic carbocycles. The van der Waals surface area contributed by atoms with Gasteiger partial charge in [-0.05, 0) is 80.1 Å². The molecule has 8 nitrogen and oxygen atoms in total. The van der Waals surface area contributed by atoms with Crippen LogP contribution in [0.5, 0.6) is 0 Å². The van der Waals surface area contributed by atoms with Crippen molar-refractivity contribution in [3.05, 3.63) is 86.0 Å². The highest BCUT2D eigenvalue weighted by Gasteiger charge is 2.19. The monoisotopic (exact) mass is 587 g/mol. The fourth-order valence-electron chi connectivity index (χ4n) is 5.44. The average molecular weight is 588 g/mol. The zero-order valence-electron chi connectivity index (χ0n) is 23.2. The van der Waals surface area contributed by atoms with E-state index in [0.717, 1.165) is 59.0 Å². The molecule has 0 spiro atoms. The smallest absolute Gasteiger partial charge is 0.293 e. The molecular weight excluding hydrogens is 555 g/mol. The normalized spacial score (nSPS) is 15.4. The molecule has 6 rings (SSSR count). The molecule has 212 valence electrons. The number of amides is 1. The maximum Gasteiger partial charge on any atom is 0.293 e. The lowest BCUT2D eigenvalue weighted by Crippen LogP contribution is -2.37. The maximum atomic E-state index is 13.1. The van der Waals surface area contributed by atoms with Gasteiger partial charge in [-0.2, -0.15) is 0 Å². The van der Waals surface area contributed by atoms with Crippen LogP contribution in [0.25, 0.3) is 11.3 Å². The van der Waals surface area contributed by atoms with Crippen molar-refractivity contribution in [2.75, 3.05) is 40.1 Å². The quantitative estimate of drug-likeness (QED) is 0.320. The number of hydrogen-bond acceptors (Lipinski definition) is 7. The second-order valence-electron chi connectivity index (χ2n) is 10.6. The van der Waals surface area contributed by atoms with Gasteiger partial charge in [0.2, 0.25) is 0 Å². The van der Waals surface area contributed by atoms with Gasteiger partial charge in [-0.25, -0.2) is 4.98 Å². The van der Waals surface area contributed by atoms with Gasteiger partial charge in [-0.15, -0.1) is 11.3 Å². The van der Waals surface area contributed by atoms with Crippen LogP contribution in [-0.4, -0.2) is 44.3 Å². The van der Waals surface area contributed by atoms with Crippen LogP contribution in [0, 0.1) is 6.92 Å². The third kappa shape index (κ3) is 5.85. The zero-order chi connectivity index (χ0) is 28.5. The van der Waals surface area contributed by atoms with Crippen LogP contribution in [0.2, 0.25) is 0 Å². The molecule has 1 aliphatic heterocycles. The summed E-state index contributed by atoms with van der Waals surface area (Å²) in [6.07, 6.45) is 6.20. The molecule has 41 heavy (non-hydrogen) atoms. The van der Waals surface area contributed by atoms with Gasteiger partial charge in [0.1, 0.15) is 0 Å². The van der Waals surface area contributed by atoms with Gasteiger partial charge in [0, 0.05) is 76.1 Å². The Morgan fingerprint density at radius 2 is 1.80 bits per heavy atom. The number of nitrogens with one attached hydrogen (secondary N) is 2. The van der Waals surface area contributed by atoms with E-state index in [2.05, 4.69) is 15.5 Å². The predicted octanol–water partition coefficient (Wildman–Crippen LogP) is 5.26. The van der Waals surface area contributed by atoms with Crippen LogP contribution in [-0.2, 0) is 30.7 Å². The molecule has 0 atom stereocenters. The van der Waals surface area contributed by atoms with E-state index in [-0.39, 0.29) is 17.3 Å². The first-order chi connectivity index (χ1) is 19.9. The number of anilines is 4. The second kappa shape index (κ2) is 11.6. The molecule has 0 radical (unpaired) electrons. The van der Waals surface area contributed by atoms with E-state index in [1.54, 1.807) is 24.6 Å². The summed E-state index contributed by atoms with van der Waals surface area (Å²) in [6.45, 7) is 3.51. The zero-order valence-corrected chi connectivity index (χ0v) is 24.9. The van der Waals surface area contributed by atoms with E-state index in [1.165, 1.54) is 27.8 Å². The van der Waals surface area contributed by atoms with Gasteiger partial charge in [0.05, 0.1) is 10.6 Å². The van der Waals surface area contributed by atoms with Gasteiger partial charge >= 0.3 is 0 Å². The minimum Gasteiger partial charge on any atom is -0.370 e. The molecule has 0 saturated carbocycles. The van der Waals surface area contributed by atoms with Gasteiger partial charge in [-0.1, -0.05) is 12.1 Å². The Balaban J connectivity index is 1.22. The summed E-state index contributed by atoms with van der Waals surface area (Å²) in [5.41, 5.74) is 5.97. The SMILES string of the molecule is Cc1c(NC(=O)c2cc3c(s2)CCCC3)cccc1-c1cn(C)c(=O)c(Nc2ccc(N3CCS(=O)CC3)cc2)n1. The highest BCUT2D eigenvalue weighted by atomic mass is 32.2. The van der Waals surface area contributed by atoms with E-state index in [1.807, 2.05) is 55.5 Å². The third-order valence-corrected chi connectivity index (χ3v) is 10.3. The number of aromatic nitrogens is 2. The van der Waals surface area contributed by atoms with Gasteiger partial charge in [0.15, 0.2) is 5.82 Å². The molecule has 0 bridgehead atoms. The summed E-state index contributed by atoms with van der Waals surface area (Å²) in [7, 11) is 0.987. The molecule has 1 aliphatic carbocycles. The standard InChI is InChI=1S/C31H33N5O3S2/c1-20-24(7-5-8-25(20)34-30(37)28-18-21-6-3-4-9-27(21)40-28)26-19-35(2)31(38)29(33-26)32-22-10-12-23(13-11-22)36-14-16-41(39)17-15-36/h5,7-8,10-13,18-19H,3-4,6,9,14-17H2,1-2H3,(H,32,33)(H,34,37). The first kappa shape index (κ1) is 27.4. The largest absolute Gasteiger partial charge is 0.370 e. The van der Waals surface area contributed by atoms with Crippen LogP contribution in [0.4, 0.5) is 22.9 Å².